The number of hydrogen-bond donors (Lipinski definition) is 1. The Morgan fingerprint density at radius 3 is 2.62 bits per heavy atom. The van der Waals surface area contributed by atoms with Crippen molar-refractivity contribution in [3.8, 4) is 11.6 Å². The molecule has 29 heavy (non-hydrogen) atoms. The molecule has 2 heterocycles. The number of nitrogens with one attached hydrogen (secondary N) is 1. The van der Waals surface area contributed by atoms with E-state index in [0.717, 1.165) is 39.0 Å². The van der Waals surface area contributed by atoms with Gasteiger partial charge in [-0.15, -0.1) is 0 Å². The number of nitrogens with zero attached hydrogens (tertiary/aromatic N) is 2. The summed E-state index contributed by atoms with van der Waals surface area (Å²) in [5, 5.41) is 4.07. The molecule has 0 amide bonds. The number of hydrogen-bond acceptors (Lipinski definition) is 4. The van der Waals surface area contributed by atoms with Gasteiger partial charge in [-0.3, -0.25) is 4.99 Å². The third-order valence-electron chi connectivity index (χ3n) is 4.87. The van der Waals surface area contributed by atoms with E-state index in [2.05, 4.69) is 15.3 Å². The fourth-order valence-electron chi connectivity index (χ4n) is 3.38. The maximum absolute atomic E-state index is 14.1. The van der Waals surface area contributed by atoms with Crippen LogP contribution >= 0.6 is 0 Å². The van der Waals surface area contributed by atoms with E-state index in [4.69, 9.17) is 4.74 Å². The maximum Gasteiger partial charge on any atom is 0.228 e. The Labute approximate surface area is 167 Å². The van der Waals surface area contributed by atoms with Crippen molar-refractivity contribution in [1.82, 2.24) is 4.98 Å². The van der Waals surface area contributed by atoms with Gasteiger partial charge in [0, 0.05) is 17.3 Å². The molecule has 1 aromatic heterocycles. The molecular weight excluding hydrogens is 365 g/mol. The number of aromatic nitrogens is 1. The van der Waals surface area contributed by atoms with E-state index in [1.165, 1.54) is 6.07 Å². The van der Waals surface area contributed by atoms with Crippen LogP contribution < -0.4 is 10.1 Å². The fourth-order valence-corrected chi connectivity index (χ4v) is 3.38. The Bertz CT molecular complexity index is 1300. The zero-order valence-electron chi connectivity index (χ0n) is 16.0. The topological polar surface area (TPSA) is 46.5 Å². The molecular formula is C24H18FN3O. The lowest BCUT2D eigenvalue weighted by atomic mass is 10.1. The van der Waals surface area contributed by atoms with Gasteiger partial charge < -0.3 is 10.1 Å². The first-order valence-electron chi connectivity index (χ1n) is 9.36. The van der Waals surface area contributed by atoms with Crippen LogP contribution in [-0.4, -0.2) is 11.2 Å². The predicted octanol–water partition coefficient (Wildman–Crippen LogP) is 6.59. The summed E-state index contributed by atoms with van der Waals surface area (Å²) in [4.78, 5) is 9.21. The van der Waals surface area contributed by atoms with Gasteiger partial charge in [0.2, 0.25) is 5.88 Å². The van der Waals surface area contributed by atoms with Gasteiger partial charge in [0.05, 0.1) is 16.8 Å². The third kappa shape index (κ3) is 3.31. The summed E-state index contributed by atoms with van der Waals surface area (Å²) in [6, 6.07) is 18.6. The largest absolute Gasteiger partial charge is 0.436 e. The highest BCUT2D eigenvalue weighted by molar-refractivity contribution is 5.94. The molecule has 0 atom stereocenters. The number of anilines is 2. The minimum absolute atomic E-state index is 0.288. The molecule has 0 bridgehead atoms. The molecule has 0 aliphatic carbocycles. The molecule has 4 aromatic rings. The maximum atomic E-state index is 14.1. The molecule has 0 saturated heterocycles. The van der Waals surface area contributed by atoms with Gasteiger partial charge in [0.25, 0.3) is 0 Å². The number of benzene rings is 3. The normalized spacial score (nSPS) is 12.1. The SMILES string of the molecule is Cc1ccc2c(c1)N=Cc1cc3cc(Nc4cc(C)ccc4F)ccc3nc1O2. The van der Waals surface area contributed by atoms with Crippen molar-refractivity contribution in [2.75, 3.05) is 5.32 Å². The average Bonchev–Trinajstić information content (AvgIpc) is 2.87. The number of ether oxygens (including phenoxy) is 1. The smallest absolute Gasteiger partial charge is 0.228 e. The lowest BCUT2D eigenvalue weighted by Gasteiger charge is -2.11. The van der Waals surface area contributed by atoms with Crippen LogP contribution in [0.3, 0.4) is 0 Å². The van der Waals surface area contributed by atoms with Crippen molar-refractivity contribution >= 4 is 34.2 Å². The summed E-state index contributed by atoms with van der Waals surface area (Å²) < 4.78 is 20.1. The third-order valence-corrected chi connectivity index (χ3v) is 4.87. The molecule has 1 aliphatic heterocycles. The number of fused-ring (bicyclic) bond motifs is 3. The van der Waals surface area contributed by atoms with Gasteiger partial charge in [-0.1, -0.05) is 12.1 Å². The monoisotopic (exact) mass is 383 g/mol. The highest BCUT2D eigenvalue weighted by Crippen LogP contribution is 2.37. The average molecular weight is 383 g/mol. The second-order valence-corrected chi connectivity index (χ2v) is 7.23. The van der Waals surface area contributed by atoms with Crippen LogP contribution in [0.15, 0.2) is 65.7 Å². The van der Waals surface area contributed by atoms with Crippen molar-refractivity contribution in [3.63, 3.8) is 0 Å². The minimum Gasteiger partial charge on any atom is -0.436 e. The van der Waals surface area contributed by atoms with Crippen LogP contribution in [-0.2, 0) is 0 Å². The molecule has 3 aromatic carbocycles. The van der Waals surface area contributed by atoms with Crippen molar-refractivity contribution in [2.24, 2.45) is 4.99 Å². The van der Waals surface area contributed by atoms with Crippen molar-refractivity contribution in [2.45, 2.75) is 13.8 Å². The van der Waals surface area contributed by atoms with E-state index in [9.17, 15) is 4.39 Å². The van der Waals surface area contributed by atoms with Crippen LogP contribution in [0.5, 0.6) is 11.6 Å². The van der Waals surface area contributed by atoms with E-state index < -0.39 is 0 Å². The highest BCUT2D eigenvalue weighted by Gasteiger charge is 2.15. The molecule has 1 N–H and O–H groups in total. The van der Waals surface area contributed by atoms with Crippen LogP contribution in [0, 0.1) is 19.7 Å². The number of rotatable bonds is 2. The molecule has 4 nitrogen and oxygen atoms in total. The predicted molar refractivity (Wildman–Crippen MR) is 115 cm³/mol. The first-order valence-corrected chi connectivity index (χ1v) is 9.36. The van der Waals surface area contributed by atoms with Crippen molar-refractivity contribution < 1.29 is 9.13 Å². The van der Waals surface area contributed by atoms with Crippen LogP contribution in [0.4, 0.5) is 21.5 Å². The minimum atomic E-state index is -0.288. The lowest BCUT2D eigenvalue weighted by molar-refractivity contribution is 0.467. The quantitative estimate of drug-likeness (QED) is 0.374. The van der Waals surface area contributed by atoms with Gasteiger partial charge in [-0.05, 0) is 73.5 Å². The van der Waals surface area contributed by atoms with E-state index in [-0.39, 0.29) is 5.82 Å². The van der Waals surface area contributed by atoms with E-state index in [0.29, 0.717) is 17.3 Å². The van der Waals surface area contributed by atoms with Crippen molar-refractivity contribution in [3.05, 3.63) is 83.2 Å². The summed E-state index contributed by atoms with van der Waals surface area (Å²) in [7, 11) is 0. The van der Waals surface area contributed by atoms with Gasteiger partial charge in [-0.25, -0.2) is 9.37 Å². The molecule has 5 rings (SSSR count). The summed E-state index contributed by atoms with van der Waals surface area (Å²) in [6.07, 6.45) is 1.77. The zero-order chi connectivity index (χ0) is 20.0. The number of pyridine rings is 1. The Balaban J connectivity index is 1.54. The molecule has 1 aliphatic rings. The second kappa shape index (κ2) is 6.71. The Hall–Kier alpha value is -3.73. The molecule has 0 fully saturated rings. The number of aliphatic imine (C=N–C) groups is 1. The summed E-state index contributed by atoms with van der Waals surface area (Å²) in [5.41, 5.74) is 5.71. The number of halogens is 1. The van der Waals surface area contributed by atoms with Crippen LogP contribution in [0.1, 0.15) is 16.7 Å². The van der Waals surface area contributed by atoms with Gasteiger partial charge in [0.15, 0.2) is 5.75 Å². The van der Waals surface area contributed by atoms with Crippen molar-refractivity contribution in [1.29, 1.82) is 0 Å². The summed E-state index contributed by atoms with van der Waals surface area (Å²) in [5.74, 6) is 0.921. The van der Waals surface area contributed by atoms with Crippen LogP contribution in [0.2, 0.25) is 0 Å². The molecule has 5 heteroatoms. The highest BCUT2D eigenvalue weighted by atomic mass is 19.1. The standard InChI is InChI=1S/C24H18FN3O/c1-14-3-6-19(25)21(9-14)27-18-5-7-20-16(12-18)11-17-13-26-22-10-15(2)4-8-23(22)29-24(17)28-20/h3-13,27H,1-2H3. The molecule has 0 spiro atoms. The first kappa shape index (κ1) is 17.4. The van der Waals surface area contributed by atoms with Gasteiger partial charge in [-0.2, -0.15) is 0 Å². The van der Waals surface area contributed by atoms with Gasteiger partial charge >= 0.3 is 0 Å². The Kier molecular flexibility index (Phi) is 4.02. The van der Waals surface area contributed by atoms with E-state index in [1.54, 1.807) is 18.3 Å². The second-order valence-electron chi connectivity index (χ2n) is 7.23. The molecule has 0 radical (unpaired) electrons. The van der Waals surface area contributed by atoms with Gasteiger partial charge in [0.1, 0.15) is 11.5 Å². The molecule has 0 saturated carbocycles. The number of aryl methyl sites for hydroxylation is 2. The Morgan fingerprint density at radius 2 is 1.72 bits per heavy atom. The van der Waals surface area contributed by atoms with E-state index in [1.807, 2.05) is 56.3 Å². The van der Waals surface area contributed by atoms with Crippen LogP contribution in [0.25, 0.3) is 10.9 Å². The summed E-state index contributed by atoms with van der Waals surface area (Å²) in [6.45, 7) is 3.95. The fraction of sp³-hybridized carbons (Fsp3) is 0.0833. The lowest BCUT2D eigenvalue weighted by Crippen LogP contribution is -1.96. The Morgan fingerprint density at radius 1 is 0.897 bits per heavy atom. The molecule has 0 unspecified atom stereocenters. The summed E-state index contributed by atoms with van der Waals surface area (Å²) >= 11 is 0. The first-order chi connectivity index (χ1) is 14.0. The van der Waals surface area contributed by atoms with E-state index >= 15 is 0 Å². The molecule has 142 valence electrons. The zero-order valence-corrected chi connectivity index (χ0v) is 16.0.